The molecule has 1 spiro atoms. The molecule has 0 aliphatic heterocycles. The van der Waals surface area contributed by atoms with Gasteiger partial charge in [-0.25, -0.2) is 0 Å². The molecule has 0 aromatic rings. The highest BCUT2D eigenvalue weighted by atomic mass is 16.3. The van der Waals surface area contributed by atoms with E-state index in [-0.39, 0.29) is 11.5 Å². The highest BCUT2D eigenvalue weighted by molar-refractivity contribution is 5.86. The Kier molecular flexibility index (Phi) is 1.95. The number of aliphatic hydroxyl groups excluding tert-OH is 1. The van der Waals surface area contributed by atoms with E-state index < -0.39 is 0 Å². The van der Waals surface area contributed by atoms with Gasteiger partial charge >= 0.3 is 0 Å². The van der Waals surface area contributed by atoms with Gasteiger partial charge in [0.2, 0.25) is 0 Å². The molecule has 2 nitrogen and oxygen atoms in total. The fourth-order valence-electron chi connectivity index (χ4n) is 2.79. The second-order valence-corrected chi connectivity index (χ2v) is 4.19. The summed E-state index contributed by atoms with van der Waals surface area (Å²) in [7, 11) is 0. The molecule has 2 aliphatic rings. The second-order valence-electron chi connectivity index (χ2n) is 4.19. The first-order valence-corrected chi connectivity index (χ1v) is 4.97. The molecule has 2 aliphatic carbocycles. The molecule has 0 bridgehead atoms. The molecule has 12 heavy (non-hydrogen) atoms. The Balaban J connectivity index is 2.21. The molecule has 2 atom stereocenters. The Hall–Kier alpha value is -0.370. The molecule has 0 saturated heterocycles. The molecule has 2 rings (SSSR count). The zero-order valence-electron chi connectivity index (χ0n) is 7.38. The summed E-state index contributed by atoms with van der Waals surface area (Å²) in [5.41, 5.74) is -0.293. The standard InChI is InChI=1S/C10H16O2/c11-8-4-1-2-6-10(8)7-3-5-9(10)12/h9,12H,1-7H2/t9-,10-/m1/s1. The summed E-state index contributed by atoms with van der Waals surface area (Å²) in [6, 6.07) is 0. The van der Waals surface area contributed by atoms with Gasteiger partial charge in [-0.15, -0.1) is 0 Å². The van der Waals surface area contributed by atoms with Gasteiger partial charge in [0.05, 0.1) is 11.5 Å². The van der Waals surface area contributed by atoms with Crippen molar-refractivity contribution in [2.75, 3.05) is 0 Å². The number of hydrogen-bond acceptors (Lipinski definition) is 2. The number of carbonyl (C=O) groups is 1. The van der Waals surface area contributed by atoms with Crippen LogP contribution in [-0.4, -0.2) is 17.0 Å². The minimum Gasteiger partial charge on any atom is -0.392 e. The monoisotopic (exact) mass is 168 g/mol. The van der Waals surface area contributed by atoms with Crippen LogP contribution in [0.15, 0.2) is 0 Å². The SMILES string of the molecule is O=C1CCCC[C@@]12CCC[C@H]2O. The van der Waals surface area contributed by atoms with E-state index in [1.54, 1.807) is 0 Å². The Morgan fingerprint density at radius 2 is 2.00 bits per heavy atom. The minimum absolute atomic E-state index is 0.293. The molecule has 1 N–H and O–H groups in total. The second kappa shape index (κ2) is 2.84. The number of ketones is 1. The maximum absolute atomic E-state index is 11.7. The fourth-order valence-corrected chi connectivity index (χ4v) is 2.79. The van der Waals surface area contributed by atoms with Gasteiger partial charge < -0.3 is 5.11 Å². The summed E-state index contributed by atoms with van der Waals surface area (Å²) in [6.07, 6.45) is 6.29. The summed E-state index contributed by atoms with van der Waals surface area (Å²) < 4.78 is 0. The van der Waals surface area contributed by atoms with Gasteiger partial charge in [-0.1, -0.05) is 6.42 Å². The van der Waals surface area contributed by atoms with E-state index in [9.17, 15) is 9.90 Å². The van der Waals surface area contributed by atoms with Gasteiger partial charge in [0.25, 0.3) is 0 Å². The zero-order valence-corrected chi connectivity index (χ0v) is 7.38. The summed E-state index contributed by atoms with van der Waals surface area (Å²) in [5.74, 6) is 0.332. The van der Waals surface area contributed by atoms with Gasteiger partial charge in [-0.05, 0) is 32.1 Å². The van der Waals surface area contributed by atoms with Crippen molar-refractivity contribution in [3.05, 3.63) is 0 Å². The highest BCUT2D eigenvalue weighted by Crippen LogP contribution is 2.46. The summed E-state index contributed by atoms with van der Waals surface area (Å²) in [6.45, 7) is 0. The maximum atomic E-state index is 11.7. The maximum Gasteiger partial charge on any atom is 0.141 e. The van der Waals surface area contributed by atoms with E-state index in [0.717, 1.165) is 38.5 Å². The van der Waals surface area contributed by atoms with Crippen LogP contribution in [0.25, 0.3) is 0 Å². The average Bonchev–Trinajstić information content (AvgIpc) is 2.41. The van der Waals surface area contributed by atoms with Crippen molar-refractivity contribution in [2.24, 2.45) is 5.41 Å². The first-order chi connectivity index (χ1) is 5.76. The number of Topliss-reactive ketones (excluding diaryl/α,β-unsaturated/α-hetero) is 1. The van der Waals surface area contributed by atoms with Crippen LogP contribution in [0, 0.1) is 5.41 Å². The molecule has 0 aromatic carbocycles. The molecule has 0 heterocycles. The minimum atomic E-state index is -0.328. The lowest BCUT2D eigenvalue weighted by atomic mass is 9.70. The quantitative estimate of drug-likeness (QED) is 0.597. The van der Waals surface area contributed by atoms with Gasteiger partial charge in [-0.2, -0.15) is 0 Å². The van der Waals surface area contributed by atoms with Gasteiger partial charge in [-0.3, -0.25) is 4.79 Å². The third kappa shape index (κ3) is 1.01. The first kappa shape index (κ1) is 8.24. The first-order valence-electron chi connectivity index (χ1n) is 4.97. The molecule has 2 fully saturated rings. The smallest absolute Gasteiger partial charge is 0.141 e. The van der Waals surface area contributed by atoms with E-state index in [1.165, 1.54) is 0 Å². The molecule has 68 valence electrons. The van der Waals surface area contributed by atoms with E-state index >= 15 is 0 Å². The molecule has 0 amide bonds. The van der Waals surface area contributed by atoms with Gasteiger partial charge in [0.15, 0.2) is 0 Å². The third-order valence-corrected chi connectivity index (χ3v) is 3.57. The van der Waals surface area contributed by atoms with E-state index in [0.29, 0.717) is 12.2 Å². The van der Waals surface area contributed by atoms with Gasteiger partial charge in [0.1, 0.15) is 5.78 Å². The van der Waals surface area contributed by atoms with E-state index in [2.05, 4.69) is 0 Å². The van der Waals surface area contributed by atoms with Crippen molar-refractivity contribution in [1.82, 2.24) is 0 Å². The average molecular weight is 168 g/mol. The van der Waals surface area contributed by atoms with Gasteiger partial charge in [0, 0.05) is 6.42 Å². The third-order valence-electron chi connectivity index (χ3n) is 3.57. The summed E-state index contributed by atoms with van der Waals surface area (Å²) >= 11 is 0. The normalized spacial score (nSPS) is 42.4. The number of carbonyl (C=O) groups excluding carboxylic acids is 1. The summed E-state index contributed by atoms with van der Waals surface area (Å²) in [5, 5.41) is 9.75. The lowest BCUT2D eigenvalue weighted by molar-refractivity contribution is -0.136. The number of hydrogen-bond donors (Lipinski definition) is 1. The molecule has 2 saturated carbocycles. The van der Waals surface area contributed by atoms with Crippen molar-refractivity contribution in [3.8, 4) is 0 Å². The van der Waals surface area contributed by atoms with Crippen LogP contribution in [0.5, 0.6) is 0 Å². The molecule has 0 aromatic heterocycles. The number of aliphatic hydroxyl groups is 1. The van der Waals surface area contributed by atoms with Crippen molar-refractivity contribution in [3.63, 3.8) is 0 Å². The fraction of sp³-hybridized carbons (Fsp3) is 0.900. The predicted molar refractivity (Wildman–Crippen MR) is 45.8 cm³/mol. The van der Waals surface area contributed by atoms with Crippen molar-refractivity contribution < 1.29 is 9.90 Å². The summed E-state index contributed by atoms with van der Waals surface area (Å²) in [4.78, 5) is 11.7. The topological polar surface area (TPSA) is 37.3 Å². The Morgan fingerprint density at radius 1 is 1.25 bits per heavy atom. The Labute approximate surface area is 73.0 Å². The lowest BCUT2D eigenvalue weighted by Gasteiger charge is -2.34. The predicted octanol–water partition coefficient (Wildman–Crippen LogP) is 1.66. The molecular formula is C10H16O2. The zero-order chi connectivity index (χ0) is 8.60. The van der Waals surface area contributed by atoms with Crippen LogP contribution < -0.4 is 0 Å². The largest absolute Gasteiger partial charge is 0.392 e. The van der Waals surface area contributed by atoms with Crippen LogP contribution in [-0.2, 0) is 4.79 Å². The molecule has 0 unspecified atom stereocenters. The van der Waals surface area contributed by atoms with E-state index in [4.69, 9.17) is 0 Å². The lowest BCUT2D eigenvalue weighted by Crippen LogP contribution is -2.40. The van der Waals surface area contributed by atoms with Crippen LogP contribution in [0.2, 0.25) is 0 Å². The highest BCUT2D eigenvalue weighted by Gasteiger charge is 2.48. The van der Waals surface area contributed by atoms with Crippen LogP contribution in [0.4, 0.5) is 0 Å². The Bertz CT molecular complexity index is 200. The molecule has 0 radical (unpaired) electrons. The Morgan fingerprint density at radius 3 is 2.58 bits per heavy atom. The van der Waals surface area contributed by atoms with Crippen LogP contribution in [0.3, 0.4) is 0 Å². The number of rotatable bonds is 0. The van der Waals surface area contributed by atoms with Crippen molar-refractivity contribution in [2.45, 2.75) is 51.0 Å². The van der Waals surface area contributed by atoms with E-state index in [1.807, 2.05) is 0 Å². The molecule has 2 heteroatoms. The van der Waals surface area contributed by atoms with Crippen molar-refractivity contribution in [1.29, 1.82) is 0 Å². The van der Waals surface area contributed by atoms with Crippen molar-refractivity contribution >= 4 is 5.78 Å². The van der Waals surface area contributed by atoms with Crippen LogP contribution >= 0.6 is 0 Å². The van der Waals surface area contributed by atoms with Crippen LogP contribution in [0.1, 0.15) is 44.9 Å². The molecular weight excluding hydrogens is 152 g/mol.